The number of anilines is 1. The van der Waals surface area contributed by atoms with Crippen LogP contribution >= 0.6 is 0 Å². The van der Waals surface area contributed by atoms with Crippen LogP contribution < -0.4 is 4.90 Å². The molecule has 0 spiro atoms. The second kappa shape index (κ2) is 4.21. The lowest BCUT2D eigenvalue weighted by molar-refractivity contribution is 0.0926. The highest BCUT2D eigenvalue weighted by atomic mass is 16.2. The van der Waals surface area contributed by atoms with Gasteiger partial charge < -0.3 is 0 Å². The van der Waals surface area contributed by atoms with Crippen molar-refractivity contribution in [3.8, 4) is 0 Å². The summed E-state index contributed by atoms with van der Waals surface area (Å²) in [5.74, 6) is -0.543. The van der Waals surface area contributed by atoms with Gasteiger partial charge in [0, 0.05) is 0 Å². The minimum absolute atomic E-state index is 0.271. The highest BCUT2D eigenvalue weighted by Gasteiger charge is 2.35. The second-order valence-electron chi connectivity index (χ2n) is 4.29. The van der Waals surface area contributed by atoms with Gasteiger partial charge in [-0.15, -0.1) is 0 Å². The van der Waals surface area contributed by atoms with Crippen LogP contribution in [0.25, 0.3) is 6.08 Å². The van der Waals surface area contributed by atoms with Crippen molar-refractivity contribution < 1.29 is 9.59 Å². The standard InChI is InChI=1S/C16H11NO2/c1-2-11-7-9-12(10-8-11)17-15(18)13-5-3-4-6-14(13)16(17)19/h2-10H,1H2. The Labute approximate surface area is 110 Å². The first-order valence-electron chi connectivity index (χ1n) is 5.92. The van der Waals surface area contributed by atoms with Gasteiger partial charge in [0.2, 0.25) is 0 Å². The van der Waals surface area contributed by atoms with Gasteiger partial charge in [0.15, 0.2) is 0 Å². The number of rotatable bonds is 2. The topological polar surface area (TPSA) is 37.4 Å². The van der Waals surface area contributed by atoms with E-state index in [1.165, 1.54) is 4.90 Å². The average molecular weight is 249 g/mol. The van der Waals surface area contributed by atoms with Crippen molar-refractivity contribution in [1.82, 2.24) is 0 Å². The summed E-state index contributed by atoms with van der Waals surface area (Å²) in [7, 11) is 0. The molecule has 19 heavy (non-hydrogen) atoms. The zero-order chi connectivity index (χ0) is 13.4. The Bertz CT molecular complexity index is 651. The minimum Gasteiger partial charge on any atom is -0.268 e. The summed E-state index contributed by atoms with van der Waals surface area (Å²) in [6.07, 6.45) is 1.71. The summed E-state index contributed by atoms with van der Waals surface area (Å²) in [4.78, 5) is 25.7. The molecule has 3 rings (SSSR count). The molecule has 2 aromatic carbocycles. The van der Waals surface area contributed by atoms with Crippen LogP contribution in [0.1, 0.15) is 26.3 Å². The Hall–Kier alpha value is -2.68. The number of hydrogen-bond acceptors (Lipinski definition) is 2. The molecule has 92 valence electrons. The molecule has 1 aliphatic heterocycles. The number of carbonyl (C=O) groups is 2. The van der Waals surface area contributed by atoms with E-state index in [1.807, 2.05) is 12.1 Å². The second-order valence-corrected chi connectivity index (χ2v) is 4.29. The quantitative estimate of drug-likeness (QED) is 0.767. The van der Waals surface area contributed by atoms with Gasteiger partial charge in [-0.3, -0.25) is 9.59 Å². The van der Waals surface area contributed by atoms with E-state index in [2.05, 4.69) is 6.58 Å². The molecule has 1 heterocycles. The molecule has 2 amide bonds. The third kappa shape index (κ3) is 1.67. The van der Waals surface area contributed by atoms with Gasteiger partial charge >= 0.3 is 0 Å². The van der Waals surface area contributed by atoms with Crippen LogP contribution in [0.3, 0.4) is 0 Å². The third-order valence-electron chi connectivity index (χ3n) is 3.18. The summed E-state index contributed by atoms with van der Waals surface area (Å²) in [6.45, 7) is 3.67. The van der Waals surface area contributed by atoms with E-state index in [9.17, 15) is 9.59 Å². The van der Waals surface area contributed by atoms with E-state index >= 15 is 0 Å². The fourth-order valence-corrected chi connectivity index (χ4v) is 2.18. The normalized spacial score (nSPS) is 13.6. The fraction of sp³-hybridized carbons (Fsp3) is 0. The van der Waals surface area contributed by atoms with E-state index in [1.54, 1.807) is 42.5 Å². The first-order valence-corrected chi connectivity index (χ1v) is 5.92. The highest BCUT2D eigenvalue weighted by molar-refractivity contribution is 6.34. The van der Waals surface area contributed by atoms with Gasteiger partial charge in [0.05, 0.1) is 16.8 Å². The number of amides is 2. The van der Waals surface area contributed by atoms with Crippen LogP contribution in [0.5, 0.6) is 0 Å². The smallest absolute Gasteiger partial charge is 0.266 e. The lowest BCUT2D eigenvalue weighted by Crippen LogP contribution is -2.29. The number of imide groups is 1. The largest absolute Gasteiger partial charge is 0.268 e. The number of nitrogens with zero attached hydrogens (tertiary/aromatic N) is 1. The van der Waals surface area contributed by atoms with E-state index in [0.717, 1.165) is 5.56 Å². The van der Waals surface area contributed by atoms with Crippen LogP contribution in [-0.4, -0.2) is 11.8 Å². The van der Waals surface area contributed by atoms with Gasteiger partial charge in [0.1, 0.15) is 0 Å². The number of carbonyl (C=O) groups excluding carboxylic acids is 2. The van der Waals surface area contributed by atoms with Crippen LogP contribution in [0.15, 0.2) is 55.1 Å². The Balaban J connectivity index is 2.06. The number of benzene rings is 2. The van der Waals surface area contributed by atoms with Crippen molar-refractivity contribution in [1.29, 1.82) is 0 Å². The van der Waals surface area contributed by atoms with Crippen molar-refractivity contribution in [2.75, 3.05) is 4.90 Å². The van der Waals surface area contributed by atoms with E-state index < -0.39 is 0 Å². The molecule has 0 saturated carbocycles. The molecule has 0 aromatic heterocycles. The van der Waals surface area contributed by atoms with Crippen molar-refractivity contribution in [3.05, 3.63) is 71.8 Å². The molecule has 0 radical (unpaired) electrons. The van der Waals surface area contributed by atoms with Gasteiger partial charge in [-0.1, -0.05) is 36.9 Å². The van der Waals surface area contributed by atoms with Crippen molar-refractivity contribution in [2.45, 2.75) is 0 Å². The van der Waals surface area contributed by atoms with Crippen LogP contribution in [0.2, 0.25) is 0 Å². The van der Waals surface area contributed by atoms with Crippen molar-refractivity contribution in [3.63, 3.8) is 0 Å². The molecule has 0 atom stereocenters. The Morgan fingerprint density at radius 3 is 1.84 bits per heavy atom. The summed E-state index contributed by atoms with van der Waals surface area (Å²) >= 11 is 0. The van der Waals surface area contributed by atoms with Crippen molar-refractivity contribution in [2.24, 2.45) is 0 Å². The first-order chi connectivity index (χ1) is 9.22. The summed E-state index contributed by atoms with van der Waals surface area (Å²) in [5.41, 5.74) is 2.44. The molecule has 3 heteroatoms. The fourth-order valence-electron chi connectivity index (χ4n) is 2.18. The van der Waals surface area contributed by atoms with Crippen molar-refractivity contribution >= 4 is 23.6 Å². The Morgan fingerprint density at radius 2 is 1.37 bits per heavy atom. The third-order valence-corrected chi connectivity index (χ3v) is 3.18. The van der Waals surface area contributed by atoms with Crippen LogP contribution in [-0.2, 0) is 0 Å². The molecular formula is C16H11NO2. The van der Waals surface area contributed by atoms with Gasteiger partial charge in [0.25, 0.3) is 11.8 Å². The van der Waals surface area contributed by atoms with E-state index in [0.29, 0.717) is 16.8 Å². The number of hydrogen-bond donors (Lipinski definition) is 0. The Morgan fingerprint density at radius 1 is 0.842 bits per heavy atom. The predicted octanol–water partition coefficient (Wildman–Crippen LogP) is 3.13. The summed E-state index contributed by atoms with van der Waals surface area (Å²) in [5, 5.41) is 0. The SMILES string of the molecule is C=Cc1ccc(N2C(=O)c3ccccc3C2=O)cc1. The molecule has 1 aliphatic rings. The maximum Gasteiger partial charge on any atom is 0.266 e. The molecule has 0 aliphatic carbocycles. The molecule has 0 fully saturated rings. The highest BCUT2D eigenvalue weighted by Crippen LogP contribution is 2.28. The van der Waals surface area contributed by atoms with Crippen LogP contribution in [0, 0.1) is 0 Å². The zero-order valence-electron chi connectivity index (χ0n) is 10.2. The minimum atomic E-state index is -0.271. The molecule has 0 unspecified atom stereocenters. The summed E-state index contributed by atoms with van der Waals surface area (Å²) in [6, 6.07) is 14.0. The molecule has 2 aromatic rings. The van der Waals surface area contributed by atoms with E-state index in [-0.39, 0.29) is 11.8 Å². The molecule has 3 nitrogen and oxygen atoms in total. The molecular weight excluding hydrogens is 238 g/mol. The molecule has 0 saturated heterocycles. The lowest BCUT2D eigenvalue weighted by Gasteiger charge is -2.13. The van der Waals surface area contributed by atoms with E-state index in [4.69, 9.17) is 0 Å². The average Bonchev–Trinajstić information content (AvgIpc) is 2.72. The van der Waals surface area contributed by atoms with Gasteiger partial charge in [-0.2, -0.15) is 0 Å². The molecule has 0 bridgehead atoms. The van der Waals surface area contributed by atoms with Crippen LogP contribution in [0.4, 0.5) is 5.69 Å². The summed E-state index contributed by atoms with van der Waals surface area (Å²) < 4.78 is 0. The Kier molecular flexibility index (Phi) is 2.53. The first kappa shape index (κ1) is 11.4. The van der Waals surface area contributed by atoms with Gasteiger partial charge in [-0.05, 0) is 29.8 Å². The zero-order valence-corrected chi connectivity index (χ0v) is 10.2. The lowest BCUT2D eigenvalue weighted by atomic mass is 10.1. The van der Waals surface area contributed by atoms with Gasteiger partial charge in [-0.25, -0.2) is 4.90 Å². The monoisotopic (exact) mass is 249 g/mol. The maximum atomic E-state index is 12.2. The predicted molar refractivity (Wildman–Crippen MR) is 74.1 cm³/mol. The molecule has 0 N–H and O–H groups in total. The maximum absolute atomic E-state index is 12.2. The number of fused-ring (bicyclic) bond motifs is 1.